The summed E-state index contributed by atoms with van der Waals surface area (Å²) in [5.74, 6) is 0.786. The van der Waals surface area contributed by atoms with E-state index in [4.69, 9.17) is 9.47 Å². The number of imide groups is 1. The van der Waals surface area contributed by atoms with Crippen LogP contribution in [0.15, 0.2) is 29.4 Å². The number of hydrogen-bond donors (Lipinski definition) is 0. The number of benzene rings is 1. The summed E-state index contributed by atoms with van der Waals surface area (Å²) in [5, 5.41) is 5.32. The molecule has 3 aliphatic carbocycles. The minimum absolute atomic E-state index is 0.170. The molecule has 7 heteroatoms. The van der Waals surface area contributed by atoms with Crippen molar-refractivity contribution in [3.05, 3.63) is 33.4 Å². The minimum Gasteiger partial charge on any atom is -0.493 e. The van der Waals surface area contributed by atoms with Crippen molar-refractivity contribution in [3.63, 3.8) is 0 Å². The van der Waals surface area contributed by atoms with Crippen molar-refractivity contribution in [2.24, 2.45) is 28.8 Å². The SMILES string of the molecule is CCOc1c(I)cc(/C=N\N2C(=O)[C@@H]3[C@@H](C2=O)[C@H]2C=C[C@H]3CC2)cc1OC. The van der Waals surface area contributed by atoms with Gasteiger partial charge in [-0.15, -0.1) is 0 Å². The van der Waals surface area contributed by atoms with Crippen LogP contribution in [0.3, 0.4) is 0 Å². The molecule has 6 nitrogen and oxygen atoms in total. The first-order valence-electron chi connectivity index (χ1n) is 9.15. The number of ether oxygens (including phenoxy) is 2. The summed E-state index contributed by atoms with van der Waals surface area (Å²) >= 11 is 2.17. The summed E-state index contributed by atoms with van der Waals surface area (Å²) in [6.07, 6.45) is 7.71. The maximum atomic E-state index is 12.8. The molecule has 5 rings (SSSR count). The third-order valence-electron chi connectivity index (χ3n) is 5.60. The molecule has 1 heterocycles. The van der Waals surface area contributed by atoms with E-state index in [0.717, 1.165) is 27.0 Å². The van der Waals surface area contributed by atoms with Gasteiger partial charge in [0.1, 0.15) is 0 Å². The van der Waals surface area contributed by atoms with Crippen molar-refractivity contribution < 1.29 is 19.1 Å². The second-order valence-electron chi connectivity index (χ2n) is 7.04. The van der Waals surface area contributed by atoms with E-state index in [2.05, 4.69) is 39.8 Å². The predicted octanol–water partition coefficient (Wildman–Crippen LogP) is 3.23. The fourth-order valence-corrected chi connectivity index (χ4v) is 5.18. The van der Waals surface area contributed by atoms with Crippen LogP contribution in [0, 0.1) is 27.2 Å². The van der Waals surface area contributed by atoms with Crippen molar-refractivity contribution in [2.45, 2.75) is 19.8 Å². The zero-order valence-corrected chi connectivity index (χ0v) is 17.4. The van der Waals surface area contributed by atoms with Gasteiger partial charge in [0, 0.05) is 0 Å². The molecule has 1 saturated carbocycles. The highest BCUT2D eigenvalue weighted by molar-refractivity contribution is 14.1. The van der Waals surface area contributed by atoms with Crippen LogP contribution in [-0.2, 0) is 9.59 Å². The molecule has 4 atom stereocenters. The Labute approximate surface area is 171 Å². The van der Waals surface area contributed by atoms with Crippen LogP contribution in [0.4, 0.5) is 0 Å². The Morgan fingerprint density at radius 1 is 1.19 bits per heavy atom. The Morgan fingerprint density at radius 3 is 2.33 bits per heavy atom. The average Bonchev–Trinajstić information content (AvgIpc) is 2.95. The third-order valence-corrected chi connectivity index (χ3v) is 6.40. The molecule has 1 aromatic rings. The van der Waals surface area contributed by atoms with Gasteiger partial charge < -0.3 is 9.47 Å². The quantitative estimate of drug-likeness (QED) is 0.281. The molecule has 0 unspecified atom stereocenters. The lowest BCUT2D eigenvalue weighted by Gasteiger charge is -2.37. The highest BCUT2D eigenvalue weighted by atomic mass is 127. The molecule has 0 aromatic heterocycles. The topological polar surface area (TPSA) is 68.2 Å². The Balaban J connectivity index is 1.59. The molecule has 2 amide bonds. The largest absolute Gasteiger partial charge is 0.493 e. The van der Waals surface area contributed by atoms with Crippen LogP contribution in [0.25, 0.3) is 0 Å². The van der Waals surface area contributed by atoms with E-state index in [1.807, 2.05) is 13.0 Å². The number of rotatable bonds is 5. The number of carbonyl (C=O) groups excluding carboxylic acids is 2. The van der Waals surface area contributed by atoms with Crippen LogP contribution in [0.1, 0.15) is 25.3 Å². The molecule has 142 valence electrons. The number of halogens is 1. The molecule has 2 bridgehead atoms. The normalized spacial score (nSPS) is 28.9. The van der Waals surface area contributed by atoms with Gasteiger partial charge in [0.2, 0.25) is 0 Å². The average molecular weight is 480 g/mol. The lowest BCUT2D eigenvalue weighted by Crippen LogP contribution is -2.38. The maximum Gasteiger partial charge on any atom is 0.254 e. The Hall–Kier alpha value is -1.90. The van der Waals surface area contributed by atoms with Gasteiger partial charge in [-0.25, -0.2) is 0 Å². The van der Waals surface area contributed by atoms with Gasteiger partial charge in [0.15, 0.2) is 11.5 Å². The first-order valence-corrected chi connectivity index (χ1v) is 10.2. The van der Waals surface area contributed by atoms with Crippen LogP contribution in [0.5, 0.6) is 11.5 Å². The summed E-state index contributed by atoms with van der Waals surface area (Å²) in [7, 11) is 1.58. The lowest BCUT2D eigenvalue weighted by molar-refractivity contribution is -0.140. The van der Waals surface area contributed by atoms with Crippen molar-refractivity contribution in [3.8, 4) is 11.5 Å². The third kappa shape index (κ3) is 3.05. The summed E-state index contributed by atoms with van der Waals surface area (Å²) in [5.41, 5.74) is 0.747. The van der Waals surface area contributed by atoms with Gasteiger partial charge in [-0.3, -0.25) is 9.59 Å². The van der Waals surface area contributed by atoms with E-state index in [1.165, 1.54) is 0 Å². The summed E-state index contributed by atoms with van der Waals surface area (Å²) in [6.45, 7) is 2.45. The number of amides is 2. The van der Waals surface area contributed by atoms with E-state index in [-0.39, 0.29) is 35.5 Å². The molecule has 1 aliphatic heterocycles. The Morgan fingerprint density at radius 2 is 1.81 bits per heavy atom. The Kier molecular flexibility index (Phi) is 4.96. The number of allylic oxidation sites excluding steroid dienone is 2. The molecule has 0 radical (unpaired) electrons. The second kappa shape index (κ2) is 7.26. The number of nitrogens with zero attached hydrogens (tertiary/aromatic N) is 2. The zero-order chi connectivity index (χ0) is 19.1. The smallest absolute Gasteiger partial charge is 0.254 e. The van der Waals surface area contributed by atoms with Crippen molar-refractivity contribution >= 4 is 40.6 Å². The van der Waals surface area contributed by atoms with Gasteiger partial charge in [-0.2, -0.15) is 10.1 Å². The first-order chi connectivity index (χ1) is 13.0. The highest BCUT2D eigenvalue weighted by Gasteiger charge is 2.56. The number of carbonyl (C=O) groups is 2. The summed E-state index contributed by atoms with van der Waals surface area (Å²) < 4.78 is 11.9. The van der Waals surface area contributed by atoms with E-state index in [0.29, 0.717) is 18.1 Å². The highest BCUT2D eigenvalue weighted by Crippen LogP contribution is 2.49. The number of methoxy groups -OCH3 is 1. The van der Waals surface area contributed by atoms with Crippen molar-refractivity contribution in [1.29, 1.82) is 0 Å². The standard InChI is InChI=1S/C20H21IN2O4/c1-3-27-18-14(21)8-11(9-15(18)26-2)10-22-23-19(24)16-12-4-5-13(7-6-12)17(16)20(23)25/h4-5,8-10,12-13,16-17H,3,6-7H2,1-2H3/b22-10-/t12-,13-,16-,17-/m0/s1. The van der Waals surface area contributed by atoms with Gasteiger partial charge in [-0.05, 0) is 71.9 Å². The fraction of sp³-hybridized carbons (Fsp3) is 0.450. The predicted molar refractivity (Wildman–Crippen MR) is 109 cm³/mol. The zero-order valence-electron chi connectivity index (χ0n) is 15.2. The molecular formula is C20H21IN2O4. The molecule has 2 fully saturated rings. The molecule has 4 aliphatic rings. The second-order valence-corrected chi connectivity index (χ2v) is 8.20. The molecule has 1 aromatic carbocycles. The van der Waals surface area contributed by atoms with Crippen molar-refractivity contribution in [2.75, 3.05) is 13.7 Å². The van der Waals surface area contributed by atoms with Crippen molar-refractivity contribution in [1.82, 2.24) is 5.01 Å². The first kappa shape index (κ1) is 18.5. The van der Waals surface area contributed by atoms with Gasteiger partial charge >= 0.3 is 0 Å². The van der Waals surface area contributed by atoms with E-state index in [9.17, 15) is 9.59 Å². The Bertz CT molecular complexity index is 819. The molecule has 0 N–H and O–H groups in total. The van der Waals surface area contributed by atoms with Gasteiger partial charge in [0.05, 0.1) is 35.3 Å². The number of hydrazone groups is 1. The molecular weight excluding hydrogens is 459 g/mol. The van der Waals surface area contributed by atoms with Crippen LogP contribution in [0.2, 0.25) is 0 Å². The van der Waals surface area contributed by atoms with Gasteiger partial charge in [0.25, 0.3) is 11.8 Å². The number of hydrogen-bond acceptors (Lipinski definition) is 5. The van der Waals surface area contributed by atoms with Gasteiger partial charge in [-0.1, -0.05) is 12.2 Å². The fourth-order valence-electron chi connectivity index (χ4n) is 4.40. The summed E-state index contributed by atoms with van der Waals surface area (Å²) in [4.78, 5) is 25.6. The van der Waals surface area contributed by atoms with E-state index >= 15 is 0 Å². The van der Waals surface area contributed by atoms with E-state index in [1.54, 1.807) is 19.4 Å². The molecule has 0 spiro atoms. The van der Waals surface area contributed by atoms with Crippen LogP contribution < -0.4 is 9.47 Å². The monoisotopic (exact) mass is 480 g/mol. The van der Waals surface area contributed by atoms with Crippen LogP contribution >= 0.6 is 22.6 Å². The van der Waals surface area contributed by atoms with Crippen LogP contribution in [-0.4, -0.2) is 36.8 Å². The minimum atomic E-state index is -0.242. The molecule has 1 saturated heterocycles. The lowest BCUT2D eigenvalue weighted by atomic mass is 9.63. The summed E-state index contributed by atoms with van der Waals surface area (Å²) in [6, 6.07) is 3.68. The molecule has 27 heavy (non-hydrogen) atoms. The maximum absolute atomic E-state index is 12.8. The number of fused-ring (bicyclic) bond motifs is 1. The van der Waals surface area contributed by atoms with E-state index < -0.39 is 0 Å².